The van der Waals surface area contributed by atoms with Crippen LogP contribution in [0.4, 0.5) is 0 Å². The number of aliphatic hydroxyl groups is 5. The van der Waals surface area contributed by atoms with E-state index in [0.717, 1.165) is 19.4 Å². The maximum Gasteiger partial charge on any atom is 0.184 e. The first kappa shape index (κ1) is 20.7. The van der Waals surface area contributed by atoms with Gasteiger partial charge in [0.2, 0.25) is 0 Å². The van der Waals surface area contributed by atoms with Gasteiger partial charge in [0.15, 0.2) is 6.29 Å². The summed E-state index contributed by atoms with van der Waals surface area (Å²) < 4.78 is 10.2. The summed E-state index contributed by atoms with van der Waals surface area (Å²) in [5.41, 5.74) is 0. The van der Waals surface area contributed by atoms with E-state index >= 15 is 0 Å². The zero-order valence-corrected chi connectivity index (χ0v) is 13.7. The van der Waals surface area contributed by atoms with Crippen LogP contribution in [0.25, 0.3) is 0 Å². The quantitative estimate of drug-likeness (QED) is 0.247. The Labute approximate surface area is 137 Å². The number of unbranched alkanes of at least 4 members (excludes halogenated alkanes) is 3. The van der Waals surface area contributed by atoms with E-state index < -0.39 is 43.4 Å². The molecule has 0 spiro atoms. The van der Waals surface area contributed by atoms with Gasteiger partial charge >= 0.3 is 0 Å². The smallest absolute Gasteiger partial charge is 0.184 e. The molecular formula is C15H31NO7. The minimum absolute atomic E-state index is 0.110. The van der Waals surface area contributed by atoms with E-state index in [-0.39, 0.29) is 6.61 Å². The summed E-state index contributed by atoms with van der Waals surface area (Å²) >= 11 is 0. The molecule has 138 valence electrons. The van der Waals surface area contributed by atoms with Crippen molar-refractivity contribution < 1.29 is 35.0 Å². The molecule has 1 heterocycles. The zero-order chi connectivity index (χ0) is 17.2. The molecule has 1 saturated heterocycles. The standard InChI is InChI=1S/C15H31NO7/c1-2-3-4-5-6-16-7-10(18)9-22-14-13(20)12(19)11(8-17)23-15(14)21/h10-21H,2-9H2,1H3/t10?,11-,12+,13+,14-,15-/m1/s1. The average molecular weight is 337 g/mol. The topological polar surface area (TPSA) is 132 Å². The summed E-state index contributed by atoms with van der Waals surface area (Å²) in [6.45, 7) is 2.67. The number of rotatable bonds is 11. The third-order valence-electron chi connectivity index (χ3n) is 3.91. The van der Waals surface area contributed by atoms with Gasteiger partial charge in [0.05, 0.1) is 19.3 Å². The van der Waals surface area contributed by atoms with Crippen molar-refractivity contribution in [1.82, 2.24) is 5.32 Å². The van der Waals surface area contributed by atoms with Crippen LogP contribution in [0.5, 0.6) is 0 Å². The van der Waals surface area contributed by atoms with Crippen molar-refractivity contribution >= 4 is 0 Å². The van der Waals surface area contributed by atoms with E-state index in [2.05, 4.69) is 12.2 Å². The SMILES string of the molecule is CCCCCCNCC(O)CO[C@@H]1[C@@H](O)[C@@H](O)[C@@H](CO)O[C@H]1O. The van der Waals surface area contributed by atoms with E-state index in [1.165, 1.54) is 12.8 Å². The van der Waals surface area contributed by atoms with Crippen molar-refractivity contribution in [3.05, 3.63) is 0 Å². The van der Waals surface area contributed by atoms with Crippen LogP contribution in [0.15, 0.2) is 0 Å². The van der Waals surface area contributed by atoms with E-state index in [1.807, 2.05) is 0 Å². The monoisotopic (exact) mass is 337 g/mol. The minimum Gasteiger partial charge on any atom is -0.394 e. The molecule has 1 unspecified atom stereocenters. The second-order valence-corrected chi connectivity index (χ2v) is 5.95. The van der Waals surface area contributed by atoms with E-state index in [0.29, 0.717) is 6.54 Å². The van der Waals surface area contributed by atoms with Gasteiger partial charge in [-0.15, -0.1) is 0 Å². The summed E-state index contributed by atoms with van der Waals surface area (Å²) in [5.74, 6) is 0. The van der Waals surface area contributed by atoms with Crippen LogP contribution >= 0.6 is 0 Å². The molecular weight excluding hydrogens is 306 g/mol. The lowest BCUT2D eigenvalue weighted by atomic mass is 9.99. The minimum atomic E-state index is -1.47. The summed E-state index contributed by atoms with van der Waals surface area (Å²) in [5, 5.41) is 51.3. The molecule has 0 aliphatic carbocycles. The van der Waals surface area contributed by atoms with Gasteiger partial charge in [0, 0.05) is 6.54 Å². The molecule has 0 radical (unpaired) electrons. The van der Waals surface area contributed by atoms with Gasteiger partial charge in [-0.1, -0.05) is 26.2 Å². The highest BCUT2D eigenvalue weighted by Crippen LogP contribution is 2.22. The normalized spacial score (nSPS) is 32.9. The zero-order valence-electron chi connectivity index (χ0n) is 13.7. The molecule has 1 aliphatic rings. The molecule has 6 N–H and O–H groups in total. The lowest BCUT2D eigenvalue weighted by molar-refractivity contribution is -0.298. The van der Waals surface area contributed by atoms with Gasteiger partial charge in [-0.25, -0.2) is 0 Å². The molecule has 0 saturated carbocycles. The summed E-state index contributed by atoms with van der Waals surface area (Å²) in [6.07, 6.45) is -2.70. The summed E-state index contributed by atoms with van der Waals surface area (Å²) in [6, 6.07) is 0. The molecule has 0 bridgehead atoms. The van der Waals surface area contributed by atoms with Gasteiger partial charge in [-0.2, -0.15) is 0 Å². The second-order valence-electron chi connectivity index (χ2n) is 5.95. The summed E-state index contributed by atoms with van der Waals surface area (Å²) in [4.78, 5) is 0. The lowest BCUT2D eigenvalue weighted by Crippen LogP contribution is -2.59. The van der Waals surface area contributed by atoms with Crippen molar-refractivity contribution in [1.29, 1.82) is 0 Å². The summed E-state index contributed by atoms with van der Waals surface area (Å²) in [7, 11) is 0. The van der Waals surface area contributed by atoms with Crippen LogP contribution in [-0.4, -0.2) is 88.6 Å². The van der Waals surface area contributed by atoms with Crippen molar-refractivity contribution in [2.24, 2.45) is 0 Å². The Bertz CT molecular complexity index is 308. The Morgan fingerprint density at radius 1 is 1.13 bits per heavy atom. The molecule has 0 aromatic heterocycles. The molecule has 0 aromatic rings. The van der Waals surface area contributed by atoms with Crippen LogP contribution in [0.1, 0.15) is 32.6 Å². The van der Waals surface area contributed by atoms with Gasteiger partial charge in [0.25, 0.3) is 0 Å². The molecule has 8 heteroatoms. The van der Waals surface area contributed by atoms with Crippen LogP contribution in [0, 0.1) is 0 Å². The maximum absolute atomic E-state index is 9.90. The number of ether oxygens (including phenoxy) is 2. The van der Waals surface area contributed by atoms with Gasteiger partial charge < -0.3 is 40.3 Å². The highest BCUT2D eigenvalue weighted by atomic mass is 16.7. The fourth-order valence-electron chi connectivity index (χ4n) is 2.48. The molecule has 1 rings (SSSR count). The van der Waals surface area contributed by atoms with E-state index in [4.69, 9.17) is 14.6 Å². The van der Waals surface area contributed by atoms with Gasteiger partial charge in [-0.3, -0.25) is 0 Å². The molecule has 0 aromatic carbocycles. The first-order valence-corrected chi connectivity index (χ1v) is 8.32. The number of hydrogen-bond acceptors (Lipinski definition) is 8. The van der Waals surface area contributed by atoms with Crippen molar-refractivity contribution in [2.45, 2.75) is 69.4 Å². The Hall–Kier alpha value is -0.320. The first-order chi connectivity index (χ1) is 11.0. The Balaban J connectivity index is 2.22. The molecule has 23 heavy (non-hydrogen) atoms. The maximum atomic E-state index is 9.90. The predicted octanol–water partition coefficient (Wildman–Crippen LogP) is -1.67. The average Bonchev–Trinajstić information content (AvgIpc) is 2.54. The molecule has 1 aliphatic heterocycles. The Morgan fingerprint density at radius 3 is 2.52 bits per heavy atom. The van der Waals surface area contributed by atoms with Gasteiger partial charge in [0.1, 0.15) is 24.4 Å². The fourth-order valence-corrected chi connectivity index (χ4v) is 2.48. The third-order valence-corrected chi connectivity index (χ3v) is 3.91. The molecule has 1 fully saturated rings. The van der Waals surface area contributed by atoms with E-state index in [1.54, 1.807) is 0 Å². The Kier molecular flexibility index (Phi) is 10.2. The van der Waals surface area contributed by atoms with Crippen molar-refractivity contribution in [3.8, 4) is 0 Å². The number of hydrogen-bond donors (Lipinski definition) is 6. The van der Waals surface area contributed by atoms with Crippen LogP contribution in [0.2, 0.25) is 0 Å². The van der Waals surface area contributed by atoms with Crippen molar-refractivity contribution in [3.63, 3.8) is 0 Å². The molecule has 8 nitrogen and oxygen atoms in total. The third kappa shape index (κ3) is 6.98. The fraction of sp³-hybridized carbons (Fsp3) is 1.00. The first-order valence-electron chi connectivity index (χ1n) is 8.32. The highest BCUT2D eigenvalue weighted by Gasteiger charge is 2.44. The highest BCUT2D eigenvalue weighted by molar-refractivity contribution is 4.89. The van der Waals surface area contributed by atoms with Crippen LogP contribution in [-0.2, 0) is 9.47 Å². The lowest BCUT2D eigenvalue weighted by Gasteiger charge is -2.40. The number of nitrogens with one attached hydrogen (secondary N) is 1. The van der Waals surface area contributed by atoms with Crippen molar-refractivity contribution in [2.75, 3.05) is 26.3 Å². The predicted molar refractivity (Wildman–Crippen MR) is 82.7 cm³/mol. The largest absolute Gasteiger partial charge is 0.394 e. The molecule has 6 atom stereocenters. The Morgan fingerprint density at radius 2 is 1.87 bits per heavy atom. The van der Waals surface area contributed by atoms with Crippen LogP contribution < -0.4 is 5.32 Å². The number of aliphatic hydroxyl groups excluding tert-OH is 5. The van der Waals surface area contributed by atoms with Crippen LogP contribution in [0.3, 0.4) is 0 Å². The second kappa shape index (κ2) is 11.3. The van der Waals surface area contributed by atoms with Gasteiger partial charge in [-0.05, 0) is 13.0 Å². The molecule has 0 amide bonds. The van der Waals surface area contributed by atoms with E-state index in [9.17, 15) is 20.4 Å².